The summed E-state index contributed by atoms with van der Waals surface area (Å²) in [5, 5.41) is 9.14. The van der Waals surface area contributed by atoms with E-state index in [-0.39, 0.29) is 17.9 Å². The van der Waals surface area contributed by atoms with Crippen LogP contribution in [-0.2, 0) is 14.2 Å². The maximum atomic E-state index is 12.8. The van der Waals surface area contributed by atoms with Crippen LogP contribution in [0.4, 0.5) is 4.39 Å². The molecule has 0 saturated heterocycles. The minimum absolute atomic E-state index is 0.000880. The number of aliphatic hydroxyl groups excluding tert-OH is 1. The Labute approximate surface area is 82.6 Å². The van der Waals surface area contributed by atoms with Crippen LogP contribution in [0.15, 0.2) is 23.9 Å². The highest BCUT2D eigenvalue weighted by atomic mass is 19.1. The van der Waals surface area contributed by atoms with Crippen LogP contribution in [0, 0.1) is 0 Å². The summed E-state index contributed by atoms with van der Waals surface area (Å²) in [5.74, 6) is -0.731. The van der Waals surface area contributed by atoms with Crippen molar-refractivity contribution in [3.8, 4) is 0 Å². The highest BCUT2D eigenvalue weighted by molar-refractivity contribution is 5.20. The number of hydrogen-bond acceptors (Lipinski definition) is 4. The smallest absolute Gasteiger partial charge is 0.191 e. The van der Waals surface area contributed by atoms with Gasteiger partial charge < -0.3 is 19.3 Å². The van der Waals surface area contributed by atoms with Crippen LogP contribution in [0.25, 0.3) is 0 Å². The Balaban J connectivity index is 4.71. The zero-order valence-electron chi connectivity index (χ0n) is 8.54. The lowest BCUT2D eigenvalue weighted by molar-refractivity contribution is -0.0792. The molecular formula is C9H15FO4. The van der Waals surface area contributed by atoms with Crippen molar-refractivity contribution in [3.05, 3.63) is 23.9 Å². The van der Waals surface area contributed by atoms with Crippen LogP contribution in [-0.4, -0.2) is 32.7 Å². The lowest BCUT2D eigenvalue weighted by atomic mass is 10.3. The van der Waals surface area contributed by atoms with Crippen molar-refractivity contribution in [3.63, 3.8) is 0 Å². The molecular weight excluding hydrogens is 191 g/mol. The molecule has 0 bridgehead atoms. The molecule has 14 heavy (non-hydrogen) atoms. The Bertz CT molecular complexity index is 225. The lowest BCUT2D eigenvalue weighted by Crippen LogP contribution is -2.12. The Morgan fingerprint density at radius 2 is 1.93 bits per heavy atom. The predicted molar refractivity (Wildman–Crippen MR) is 48.9 cm³/mol. The van der Waals surface area contributed by atoms with Gasteiger partial charge in [-0.25, -0.2) is 4.39 Å². The summed E-state index contributed by atoms with van der Waals surface area (Å²) in [6.45, 7) is 3.08. The third kappa shape index (κ3) is 3.76. The molecule has 0 spiro atoms. The van der Waals surface area contributed by atoms with Crippen LogP contribution >= 0.6 is 0 Å². The molecule has 0 aromatic rings. The molecule has 0 fully saturated rings. The van der Waals surface area contributed by atoms with Gasteiger partial charge in [0, 0.05) is 7.11 Å². The summed E-state index contributed by atoms with van der Waals surface area (Å²) in [4.78, 5) is 0. The van der Waals surface area contributed by atoms with E-state index in [0.29, 0.717) is 0 Å². The third-order valence-electron chi connectivity index (χ3n) is 1.58. The van der Waals surface area contributed by atoms with E-state index in [9.17, 15) is 4.39 Å². The second kappa shape index (κ2) is 6.39. The van der Waals surface area contributed by atoms with Crippen molar-refractivity contribution in [1.82, 2.24) is 0 Å². The summed E-state index contributed by atoms with van der Waals surface area (Å²) >= 11 is 0. The third-order valence-corrected chi connectivity index (χ3v) is 1.58. The zero-order valence-corrected chi connectivity index (χ0v) is 8.54. The summed E-state index contributed by atoms with van der Waals surface area (Å²) < 4.78 is 26.9. The molecule has 0 aromatic carbocycles. The SMILES string of the molecule is C=C(F)/C(OC)=C(\CC(O)OC)OC. The normalized spacial score (nSPS) is 14.4. The first-order valence-electron chi connectivity index (χ1n) is 3.93. The summed E-state index contributed by atoms with van der Waals surface area (Å²) in [7, 11) is 3.96. The molecule has 4 nitrogen and oxygen atoms in total. The zero-order chi connectivity index (χ0) is 11.1. The van der Waals surface area contributed by atoms with Gasteiger partial charge in [-0.2, -0.15) is 0 Å². The van der Waals surface area contributed by atoms with Gasteiger partial charge in [-0.1, -0.05) is 6.58 Å². The van der Waals surface area contributed by atoms with E-state index in [1.165, 1.54) is 21.3 Å². The number of hydrogen-bond donors (Lipinski definition) is 1. The lowest BCUT2D eigenvalue weighted by Gasteiger charge is -2.14. The van der Waals surface area contributed by atoms with Crippen molar-refractivity contribution >= 4 is 0 Å². The molecule has 1 atom stereocenters. The molecule has 0 amide bonds. The summed E-state index contributed by atoms with van der Waals surface area (Å²) in [6, 6.07) is 0. The summed E-state index contributed by atoms with van der Waals surface area (Å²) in [5.41, 5.74) is 0. The number of halogens is 1. The average Bonchev–Trinajstić information content (AvgIpc) is 2.16. The first-order valence-corrected chi connectivity index (χ1v) is 3.93. The van der Waals surface area contributed by atoms with Crippen LogP contribution in [0.2, 0.25) is 0 Å². The fourth-order valence-corrected chi connectivity index (χ4v) is 0.887. The molecule has 82 valence electrons. The molecule has 0 aliphatic rings. The fourth-order valence-electron chi connectivity index (χ4n) is 0.887. The number of ether oxygens (including phenoxy) is 3. The second-order valence-electron chi connectivity index (χ2n) is 2.46. The van der Waals surface area contributed by atoms with Crippen molar-refractivity contribution in [2.45, 2.75) is 12.7 Å². The molecule has 0 radical (unpaired) electrons. The predicted octanol–water partition coefficient (Wildman–Crippen LogP) is 1.33. The quantitative estimate of drug-likeness (QED) is 0.404. The molecule has 1 unspecified atom stereocenters. The standard InChI is InChI=1S/C9H15FO4/c1-6(10)9(14-4)7(12-2)5-8(11)13-3/h8,11H,1,5H2,2-4H3/b9-7-. The fraction of sp³-hybridized carbons (Fsp3) is 0.556. The van der Waals surface area contributed by atoms with Gasteiger partial charge in [-0.15, -0.1) is 0 Å². The molecule has 0 aliphatic heterocycles. The van der Waals surface area contributed by atoms with Crippen LogP contribution in [0.1, 0.15) is 6.42 Å². The van der Waals surface area contributed by atoms with Crippen molar-refractivity contribution in [2.24, 2.45) is 0 Å². The van der Waals surface area contributed by atoms with Crippen LogP contribution in [0.5, 0.6) is 0 Å². The molecule has 0 heterocycles. The largest absolute Gasteiger partial charge is 0.497 e. The van der Waals surface area contributed by atoms with E-state index in [1.54, 1.807) is 0 Å². The molecule has 0 aromatic heterocycles. The monoisotopic (exact) mass is 206 g/mol. The molecule has 0 saturated carbocycles. The van der Waals surface area contributed by atoms with Gasteiger partial charge in [0.1, 0.15) is 5.76 Å². The molecule has 5 heteroatoms. The minimum Gasteiger partial charge on any atom is -0.497 e. The van der Waals surface area contributed by atoms with Crippen LogP contribution in [0.3, 0.4) is 0 Å². The minimum atomic E-state index is -1.06. The van der Waals surface area contributed by atoms with E-state index in [2.05, 4.69) is 11.3 Å². The molecule has 0 aliphatic carbocycles. The van der Waals surface area contributed by atoms with Gasteiger partial charge in [-0.05, 0) is 0 Å². The number of rotatable bonds is 6. The van der Waals surface area contributed by atoms with Crippen molar-refractivity contribution in [1.29, 1.82) is 0 Å². The maximum absolute atomic E-state index is 12.8. The van der Waals surface area contributed by atoms with Gasteiger partial charge in [0.15, 0.2) is 17.9 Å². The second-order valence-corrected chi connectivity index (χ2v) is 2.46. The van der Waals surface area contributed by atoms with Gasteiger partial charge >= 0.3 is 0 Å². The van der Waals surface area contributed by atoms with E-state index >= 15 is 0 Å². The van der Waals surface area contributed by atoms with E-state index in [4.69, 9.17) is 14.6 Å². The van der Waals surface area contributed by atoms with Crippen LogP contribution < -0.4 is 0 Å². The molecule has 0 rings (SSSR count). The summed E-state index contributed by atoms with van der Waals surface area (Å²) in [6.07, 6.45) is -1.06. The number of aliphatic hydroxyl groups is 1. The first kappa shape index (κ1) is 12.9. The average molecular weight is 206 g/mol. The van der Waals surface area contributed by atoms with Gasteiger partial charge in [0.2, 0.25) is 0 Å². The number of allylic oxidation sites excluding steroid dienone is 1. The Morgan fingerprint density at radius 1 is 1.36 bits per heavy atom. The van der Waals surface area contributed by atoms with Crippen molar-refractivity contribution in [2.75, 3.05) is 21.3 Å². The maximum Gasteiger partial charge on any atom is 0.191 e. The first-order chi connectivity index (χ1) is 6.56. The van der Waals surface area contributed by atoms with Crippen molar-refractivity contribution < 1.29 is 23.7 Å². The van der Waals surface area contributed by atoms with E-state index < -0.39 is 12.1 Å². The Hall–Kier alpha value is -1.07. The van der Waals surface area contributed by atoms with E-state index in [0.717, 1.165) is 0 Å². The Kier molecular flexibility index (Phi) is 5.91. The van der Waals surface area contributed by atoms with Gasteiger partial charge in [-0.3, -0.25) is 0 Å². The van der Waals surface area contributed by atoms with Gasteiger partial charge in [0.25, 0.3) is 0 Å². The topological polar surface area (TPSA) is 47.9 Å². The number of methoxy groups -OCH3 is 3. The van der Waals surface area contributed by atoms with E-state index in [1.807, 2.05) is 0 Å². The highest BCUT2D eigenvalue weighted by Gasteiger charge is 2.15. The van der Waals surface area contributed by atoms with Gasteiger partial charge in [0.05, 0.1) is 20.6 Å². The highest BCUT2D eigenvalue weighted by Crippen LogP contribution is 2.19. The molecule has 1 N–H and O–H groups in total. The Morgan fingerprint density at radius 3 is 2.21 bits per heavy atom.